The Hall–Kier alpha value is -2.51. The fraction of sp³-hybridized carbons (Fsp3) is 0.471. The lowest BCUT2D eigenvalue weighted by Crippen LogP contribution is -2.39. The molecule has 1 heterocycles. The van der Waals surface area contributed by atoms with E-state index in [9.17, 15) is 8.78 Å². The van der Waals surface area contributed by atoms with Gasteiger partial charge in [-0.1, -0.05) is 19.0 Å². The van der Waals surface area contributed by atoms with E-state index in [1.165, 1.54) is 6.07 Å². The SMILES string of the molecule is CN=C(NCCc1nc(C(C)C)no1)NCCc1cc(F)ccc1F. The van der Waals surface area contributed by atoms with Crippen molar-refractivity contribution in [2.24, 2.45) is 4.99 Å². The number of nitrogens with zero attached hydrogens (tertiary/aromatic N) is 3. The Morgan fingerprint density at radius 2 is 1.92 bits per heavy atom. The van der Waals surface area contributed by atoms with Crippen LogP contribution in [0.5, 0.6) is 0 Å². The molecule has 2 aromatic rings. The highest BCUT2D eigenvalue weighted by molar-refractivity contribution is 5.79. The Balaban J connectivity index is 1.74. The number of aromatic nitrogens is 2. The molecule has 0 saturated carbocycles. The molecule has 136 valence electrons. The molecule has 0 amide bonds. The molecular weight excluding hydrogens is 328 g/mol. The Kier molecular flexibility index (Phi) is 6.85. The van der Waals surface area contributed by atoms with E-state index < -0.39 is 11.6 Å². The second kappa shape index (κ2) is 9.10. The molecule has 0 atom stereocenters. The summed E-state index contributed by atoms with van der Waals surface area (Å²) in [4.78, 5) is 8.38. The maximum atomic E-state index is 13.6. The summed E-state index contributed by atoms with van der Waals surface area (Å²) in [7, 11) is 1.64. The first-order valence-corrected chi connectivity index (χ1v) is 8.20. The molecule has 6 nitrogen and oxygen atoms in total. The lowest BCUT2D eigenvalue weighted by molar-refractivity contribution is 0.371. The van der Waals surface area contributed by atoms with E-state index in [-0.39, 0.29) is 5.92 Å². The van der Waals surface area contributed by atoms with Crippen molar-refractivity contribution >= 4 is 5.96 Å². The zero-order valence-corrected chi connectivity index (χ0v) is 14.6. The molecule has 0 fully saturated rings. The van der Waals surface area contributed by atoms with Gasteiger partial charge in [0.1, 0.15) is 11.6 Å². The van der Waals surface area contributed by atoms with Crippen molar-refractivity contribution in [3.8, 4) is 0 Å². The Labute approximate surface area is 145 Å². The summed E-state index contributed by atoms with van der Waals surface area (Å²) in [6, 6.07) is 3.44. The molecule has 0 saturated heterocycles. The Bertz CT molecular complexity index is 715. The summed E-state index contributed by atoms with van der Waals surface area (Å²) < 4.78 is 31.9. The van der Waals surface area contributed by atoms with Crippen LogP contribution in [-0.4, -0.2) is 36.2 Å². The largest absolute Gasteiger partial charge is 0.356 e. The van der Waals surface area contributed by atoms with Gasteiger partial charge in [-0.05, 0) is 30.2 Å². The van der Waals surface area contributed by atoms with Gasteiger partial charge in [-0.2, -0.15) is 4.98 Å². The highest BCUT2D eigenvalue weighted by atomic mass is 19.1. The molecule has 25 heavy (non-hydrogen) atoms. The van der Waals surface area contributed by atoms with Gasteiger partial charge in [0.25, 0.3) is 0 Å². The van der Waals surface area contributed by atoms with Crippen molar-refractivity contribution < 1.29 is 13.3 Å². The molecule has 8 heteroatoms. The van der Waals surface area contributed by atoms with E-state index in [4.69, 9.17) is 4.52 Å². The first kappa shape index (κ1) is 18.8. The third-order valence-corrected chi connectivity index (χ3v) is 3.55. The molecule has 0 aliphatic carbocycles. The van der Waals surface area contributed by atoms with Crippen LogP contribution < -0.4 is 10.6 Å². The standard InChI is InChI=1S/C17H23F2N5O/c1-11(2)16-23-15(25-24-16)7-9-22-17(20-3)21-8-6-12-10-13(18)4-5-14(12)19/h4-5,10-11H,6-9H2,1-3H3,(H2,20,21,22). The van der Waals surface area contributed by atoms with Gasteiger partial charge in [0, 0.05) is 32.5 Å². The van der Waals surface area contributed by atoms with E-state index in [2.05, 4.69) is 25.8 Å². The summed E-state index contributed by atoms with van der Waals surface area (Å²) >= 11 is 0. The number of rotatable bonds is 7. The molecule has 0 aliphatic heterocycles. The van der Waals surface area contributed by atoms with Gasteiger partial charge in [-0.25, -0.2) is 8.78 Å². The zero-order valence-electron chi connectivity index (χ0n) is 14.6. The minimum atomic E-state index is -0.445. The van der Waals surface area contributed by atoms with Crippen LogP contribution in [0, 0.1) is 11.6 Å². The number of halogens is 2. The highest BCUT2D eigenvalue weighted by Crippen LogP contribution is 2.10. The molecule has 2 N–H and O–H groups in total. The van der Waals surface area contributed by atoms with Gasteiger partial charge in [0.15, 0.2) is 11.8 Å². The molecule has 0 radical (unpaired) electrons. The number of hydrogen-bond acceptors (Lipinski definition) is 4. The second-order valence-corrected chi connectivity index (χ2v) is 5.86. The lowest BCUT2D eigenvalue weighted by Gasteiger charge is -2.11. The van der Waals surface area contributed by atoms with E-state index in [1.54, 1.807) is 7.05 Å². The van der Waals surface area contributed by atoms with Gasteiger partial charge in [0.2, 0.25) is 5.89 Å². The highest BCUT2D eigenvalue weighted by Gasteiger charge is 2.09. The van der Waals surface area contributed by atoms with Crippen molar-refractivity contribution in [1.29, 1.82) is 0 Å². The number of nitrogens with one attached hydrogen (secondary N) is 2. The van der Waals surface area contributed by atoms with Gasteiger partial charge < -0.3 is 15.2 Å². The zero-order chi connectivity index (χ0) is 18.2. The van der Waals surface area contributed by atoms with Crippen LogP contribution in [-0.2, 0) is 12.8 Å². The third-order valence-electron chi connectivity index (χ3n) is 3.55. The van der Waals surface area contributed by atoms with Crippen molar-refractivity contribution in [2.75, 3.05) is 20.1 Å². The van der Waals surface area contributed by atoms with Crippen LogP contribution >= 0.6 is 0 Å². The van der Waals surface area contributed by atoms with Crippen LogP contribution in [0.15, 0.2) is 27.7 Å². The maximum Gasteiger partial charge on any atom is 0.228 e. The summed E-state index contributed by atoms with van der Waals surface area (Å²) in [5.41, 5.74) is 0.329. The predicted octanol–water partition coefficient (Wildman–Crippen LogP) is 2.42. The third kappa shape index (κ3) is 5.81. The van der Waals surface area contributed by atoms with Crippen molar-refractivity contribution in [2.45, 2.75) is 32.6 Å². The van der Waals surface area contributed by atoms with E-state index in [0.29, 0.717) is 49.2 Å². The molecule has 1 aromatic carbocycles. The quantitative estimate of drug-likeness (QED) is 0.592. The van der Waals surface area contributed by atoms with Crippen LogP contribution in [0.25, 0.3) is 0 Å². The number of aliphatic imine (C=N–C) groups is 1. The van der Waals surface area contributed by atoms with Crippen molar-refractivity contribution in [3.05, 3.63) is 47.1 Å². The molecule has 0 spiro atoms. The minimum absolute atomic E-state index is 0.225. The first-order chi connectivity index (χ1) is 12.0. The summed E-state index contributed by atoms with van der Waals surface area (Å²) in [5, 5.41) is 10.1. The predicted molar refractivity (Wildman–Crippen MR) is 91.5 cm³/mol. The van der Waals surface area contributed by atoms with Crippen molar-refractivity contribution in [1.82, 2.24) is 20.8 Å². The fourth-order valence-electron chi connectivity index (χ4n) is 2.16. The first-order valence-electron chi connectivity index (χ1n) is 8.20. The van der Waals surface area contributed by atoms with Crippen LogP contribution in [0.1, 0.15) is 37.0 Å². The normalized spacial score (nSPS) is 11.8. The molecule has 0 aliphatic rings. The maximum absolute atomic E-state index is 13.6. The average molecular weight is 351 g/mol. The fourth-order valence-corrected chi connectivity index (χ4v) is 2.16. The van der Waals surface area contributed by atoms with Crippen LogP contribution in [0.2, 0.25) is 0 Å². The van der Waals surface area contributed by atoms with E-state index in [0.717, 1.165) is 12.1 Å². The van der Waals surface area contributed by atoms with Gasteiger partial charge in [-0.3, -0.25) is 4.99 Å². The second-order valence-electron chi connectivity index (χ2n) is 5.86. The number of guanidine groups is 1. The Morgan fingerprint density at radius 3 is 2.56 bits per heavy atom. The summed E-state index contributed by atoms with van der Waals surface area (Å²) in [6.45, 7) is 4.99. The van der Waals surface area contributed by atoms with Crippen molar-refractivity contribution in [3.63, 3.8) is 0 Å². The molecular formula is C17H23F2N5O. The average Bonchev–Trinajstić information content (AvgIpc) is 3.05. The number of hydrogen-bond donors (Lipinski definition) is 2. The lowest BCUT2D eigenvalue weighted by atomic mass is 10.1. The topological polar surface area (TPSA) is 75.3 Å². The van der Waals surface area contributed by atoms with Gasteiger partial charge >= 0.3 is 0 Å². The summed E-state index contributed by atoms with van der Waals surface area (Å²) in [5.74, 6) is 1.19. The monoisotopic (exact) mass is 351 g/mol. The van der Waals surface area contributed by atoms with Gasteiger partial charge in [0.05, 0.1) is 0 Å². The van der Waals surface area contributed by atoms with E-state index in [1.807, 2.05) is 13.8 Å². The molecule has 0 bridgehead atoms. The Morgan fingerprint density at radius 1 is 1.20 bits per heavy atom. The van der Waals surface area contributed by atoms with Crippen LogP contribution in [0.3, 0.4) is 0 Å². The molecule has 2 rings (SSSR count). The minimum Gasteiger partial charge on any atom is -0.356 e. The van der Waals surface area contributed by atoms with E-state index >= 15 is 0 Å². The van der Waals surface area contributed by atoms with Gasteiger partial charge in [-0.15, -0.1) is 0 Å². The number of benzene rings is 1. The van der Waals surface area contributed by atoms with Crippen LogP contribution in [0.4, 0.5) is 8.78 Å². The summed E-state index contributed by atoms with van der Waals surface area (Å²) in [6.07, 6.45) is 0.921. The smallest absolute Gasteiger partial charge is 0.228 e. The molecule has 0 unspecified atom stereocenters. The molecule has 1 aromatic heterocycles.